The van der Waals surface area contributed by atoms with Gasteiger partial charge in [0.15, 0.2) is 5.13 Å². The number of hydrogen-bond acceptors (Lipinski definition) is 6. The van der Waals surface area contributed by atoms with Gasteiger partial charge in [-0.25, -0.2) is 9.99 Å². The summed E-state index contributed by atoms with van der Waals surface area (Å²) < 4.78 is 0. The summed E-state index contributed by atoms with van der Waals surface area (Å²) in [6.07, 6.45) is 7.73. The van der Waals surface area contributed by atoms with E-state index in [1.807, 2.05) is 22.4 Å². The lowest BCUT2D eigenvalue weighted by atomic mass is 9.80. The highest BCUT2D eigenvalue weighted by molar-refractivity contribution is 7.13. The molecule has 3 heterocycles. The first-order valence-corrected chi connectivity index (χ1v) is 11.8. The fourth-order valence-electron chi connectivity index (χ4n) is 4.63. The van der Waals surface area contributed by atoms with Crippen molar-refractivity contribution in [3.63, 3.8) is 0 Å². The van der Waals surface area contributed by atoms with Gasteiger partial charge in [0.05, 0.1) is 17.5 Å². The summed E-state index contributed by atoms with van der Waals surface area (Å²) in [6, 6.07) is 6.97. The van der Waals surface area contributed by atoms with Gasteiger partial charge in [-0.15, -0.1) is 11.3 Å². The molecule has 5 rings (SSSR count). The molecule has 2 aliphatic heterocycles. The number of aromatic nitrogens is 1. The molecule has 1 aliphatic carbocycles. The summed E-state index contributed by atoms with van der Waals surface area (Å²) in [6.45, 7) is 2.87. The van der Waals surface area contributed by atoms with Crippen LogP contribution in [0.3, 0.4) is 0 Å². The number of hydrazine groups is 1. The lowest BCUT2D eigenvalue weighted by Crippen LogP contribution is -2.59. The number of allylic oxidation sites excluding steroid dienone is 2. The van der Waals surface area contributed by atoms with Crippen LogP contribution < -0.4 is 15.3 Å². The Labute approximate surface area is 190 Å². The Morgan fingerprint density at radius 1 is 1.06 bits per heavy atom. The van der Waals surface area contributed by atoms with E-state index in [0.717, 1.165) is 24.6 Å². The lowest BCUT2D eigenvalue weighted by molar-refractivity contribution is -0.139. The second kappa shape index (κ2) is 8.74. The second-order valence-electron chi connectivity index (χ2n) is 8.30. The van der Waals surface area contributed by atoms with Gasteiger partial charge in [-0.2, -0.15) is 0 Å². The van der Waals surface area contributed by atoms with Crippen molar-refractivity contribution in [2.75, 3.05) is 36.1 Å². The van der Waals surface area contributed by atoms with Gasteiger partial charge < -0.3 is 9.80 Å². The summed E-state index contributed by atoms with van der Waals surface area (Å²) in [5.74, 6) is -1.01. The predicted octanol–water partition coefficient (Wildman–Crippen LogP) is 2.46. The highest BCUT2D eigenvalue weighted by atomic mass is 32.1. The van der Waals surface area contributed by atoms with Crippen molar-refractivity contribution in [1.29, 1.82) is 0 Å². The molecule has 0 radical (unpaired) electrons. The first-order chi connectivity index (χ1) is 15.6. The maximum Gasteiger partial charge on any atom is 0.253 e. The van der Waals surface area contributed by atoms with E-state index in [2.05, 4.69) is 15.3 Å². The van der Waals surface area contributed by atoms with Gasteiger partial charge in [0.2, 0.25) is 11.8 Å². The summed E-state index contributed by atoms with van der Waals surface area (Å²) in [5.41, 5.74) is 3.76. The number of carbonyl (C=O) groups excluding carboxylic acids is 3. The Hall–Kier alpha value is -3.20. The minimum absolute atomic E-state index is 0.0675. The first kappa shape index (κ1) is 20.7. The van der Waals surface area contributed by atoms with Crippen LogP contribution in [0.15, 0.2) is 48.0 Å². The second-order valence-corrected chi connectivity index (χ2v) is 9.18. The molecule has 0 bridgehead atoms. The number of benzene rings is 1. The zero-order valence-corrected chi connectivity index (χ0v) is 18.5. The van der Waals surface area contributed by atoms with Crippen LogP contribution >= 0.6 is 11.3 Å². The van der Waals surface area contributed by atoms with E-state index in [0.29, 0.717) is 37.2 Å². The van der Waals surface area contributed by atoms with E-state index >= 15 is 0 Å². The molecule has 2 atom stereocenters. The fourth-order valence-corrected chi connectivity index (χ4v) is 5.32. The molecular weight excluding hydrogens is 426 g/mol. The number of hydrogen-bond donors (Lipinski definition) is 1. The van der Waals surface area contributed by atoms with Crippen LogP contribution in [0.4, 0.5) is 10.8 Å². The van der Waals surface area contributed by atoms with Crippen LogP contribution in [0.2, 0.25) is 0 Å². The minimum atomic E-state index is -0.351. The molecule has 1 N–H and O–H groups in total. The van der Waals surface area contributed by atoms with Crippen molar-refractivity contribution in [2.24, 2.45) is 11.8 Å². The molecule has 9 heteroatoms. The standard InChI is InChI=1S/C23H25N5O3S/c29-20-18-7-1-2-8-19(18)22(31)28(25-20)17-6-3-5-16(15-17)21(30)26-10-4-11-27(13-12-26)23-24-9-14-32-23/h1-3,5-6,9,14-15,18-19H,4,7-8,10-13H2,(H,25,29). The van der Waals surface area contributed by atoms with Gasteiger partial charge in [0.25, 0.3) is 5.91 Å². The van der Waals surface area contributed by atoms with E-state index in [4.69, 9.17) is 0 Å². The zero-order valence-electron chi connectivity index (χ0n) is 17.6. The average molecular weight is 452 g/mol. The van der Waals surface area contributed by atoms with Crippen molar-refractivity contribution >= 4 is 39.9 Å². The Morgan fingerprint density at radius 2 is 1.91 bits per heavy atom. The zero-order chi connectivity index (χ0) is 22.1. The Bertz CT molecular complexity index is 1050. The maximum absolute atomic E-state index is 13.2. The van der Waals surface area contributed by atoms with Gasteiger partial charge in [0.1, 0.15) is 0 Å². The van der Waals surface area contributed by atoms with Crippen LogP contribution in [-0.4, -0.2) is 53.8 Å². The van der Waals surface area contributed by atoms with Gasteiger partial charge in [-0.05, 0) is 37.5 Å². The summed E-state index contributed by atoms with van der Waals surface area (Å²) in [5, 5.41) is 4.25. The highest BCUT2D eigenvalue weighted by Gasteiger charge is 2.42. The number of carbonyl (C=O) groups is 3. The molecule has 0 spiro atoms. The molecular formula is C23H25N5O3S. The largest absolute Gasteiger partial charge is 0.346 e. The Balaban J connectivity index is 1.31. The molecule has 2 aromatic rings. The summed E-state index contributed by atoms with van der Waals surface area (Å²) in [7, 11) is 0. The smallest absolute Gasteiger partial charge is 0.253 e. The summed E-state index contributed by atoms with van der Waals surface area (Å²) >= 11 is 1.61. The molecule has 1 aromatic carbocycles. The van der Waals surface area contributed by atoms with E-state index in [1.165, 1.54) is 5.01 Å². The minimum Gasteiger partial charge on any atom is -0.346 e. The molecule has 2 unspecified atom stereocenters. The predicted molar refractivity (Wildman–Crippen MR) is 122 cm³/mol. The molecule has 8 nitrogen and oxygen atoms in total. The van der Waals surface area contributed by atoms with Crippen LogP contribution in [0.1, 0.15) is 29.6 Å². The molecule has 2 saturated heterocycles. The van der Waals surface area contributed by atoms with E-state index in [1.54, 1.807) is 41.8 Å². The van der Waals surface area contributed by atoms with Gasteiger partial charge in [-0.1, -0.05) is 18.2 Å². The van der Waals surface area contributed by atoms with Crippen LogP contribution in [-0.2, 0) is 9.59 Å². The quantitative estimate of drug-likeness (QED) is 0.725. The number of thiazole rings is 1. The summed E-state index contributed by atoms with van der Waals surface area (Å²) in [4.78, 5) is 47.3. The van der Waals surface area contributed by atoms with Crippen molar-refractivity contribution in [3.8, 4) is 0 Å². The molecule has 3 amide bonds. The van der Waals surface area contributed by atoms with Gasteiger partial charge in [-0.3, -0.25) is 19.8 Å². The number of rotatable bonds is 3. The molecule has 2 fully saturated rings. The van der Waals surface area contributed by atoms with Gasteiger partial charge in [0, 0.05) is 43.3 Å². The van der Waals surface area contributed by atoms with Crippen LogP contribution in [0.5, 0.6) is 0 Å². The van der Waals surface area contributed by atoms with E-state index in [-0.39, 0.29) is 29.6 Å². The third kappa shape index (κ3) is 3.88. The van der Waals surface area contributed by atoms with Crippen molar-refractivity contribution < 1.29 is 14.4 Å². The van der Waals surface area contributed by atoms with Crippen molar-refractivity contribution in [2.45, 2.75) is 19.3 Å². The van der Waals surface area contributed by atoms with E-state index < -0.39 is 0 Å². The topological polar surface area (TPSA) is 85.8 Å². The monoisotopic (exact) mass is 451 g/mol. The van der Waals surface area contributed by atoms with Crippen molar-refractivity contribution in [3.05, 3.63) is 53.6 Å². The Kier molecular flexibility index (Phi) is 5.65. The molecule has 0 saturated carbocycles. The van der Waals surface area contributed by atoms with Crippen LogP contribution in [0, 0.1) is 11.8 Å². The normalized spacial score (nSPS) is 23.6. The number of fused-ring (bicyclic) bond motifs is 1. The number of anilines is 2. The molecule has 166 valence electrons. The number of nitrogens with zero attached hydrogens (tertiary/aromatic N) is 4. The SMILES string of the molecule is O=C1NN(c2cccc(C(=O)N3CCCN(c4nccs4)CC3)c2)C(=O)C2CC=CCC12. The highest BCUT2D eigenvalue weighted by Crippen LogP contribution is 2.32. The molecule has 3 aliphatic rings. The Morgan fingerprint density at radius 3 is 2.72 bits per heavy atom. The lowest BCUT2D eigenvalue weighted by Gasteiger charge is -2.38. The fraction of sp³-hybridized carbons (Fsp3) is 0.391. The number of amides is 3. The molecule has 1 aromatic heterocycles. The average Bonchev–Trinajstić information content (AvgIpc) is 3.26. The van der Waals surface area contributed by atoms with E-state index in [9.17, 15) is 14.4 Å². The number of nitrogens with one attached hydrogen (secondary N) is 1. The van der Waals surface area contributed by atoms with Gasteiger partial charge >= 0.3 is 0 Å². The third-order valence-corrected chi connectivity index (χ3v) is 7.19. The third-order valence-electron chi connectivity index (χ3n) is 6.35. The molecule has 32 heavy (non-hydrogen) atoms. The maximum atomic E-state index is 13.2. The van der Waals surface area contributed by atoms with Crippen molar-refractivity contribution in [1.82, 2.24) is 15.3 Å². The van der Waals surface area contributed by atoms with Crippen LogP contribution in [0.25, 0.3) is 0 Å². The first-order valence-electron chi connectivity index (χ1n) is 10.9.